The van der Waals surface area contributed by atoms with Gasteiger partial charge in [0.2, 0.25) is 0 Å². The lowest BCUT2D eigenvalue weighted by molar-refractivity contribution is 0.519. The molecule has 0 spiro atoms. The molecule has 0 fully saturated rings. The minimum Gasteiger partial charge on any atom is -0.359 e. The molecule has 23 heavy (non-hydrogen) atoms. The van der Waals surface area contributed by atoms with Crippen molar-refractivity contribution in [2.45, 2.75) is 46.6 Å². The largest absolute Gasteiger partial charge is 0.359 e. The zero-order valence-electron chi connectivity index (χ0n) is 13.9. The first-order valence-corrected chi connectivity index (χ1v) is 7.93. The van der Waals surface area contributed by atoms with Crippen molar-refractivity contribution >= 4 is 11.6 Å². The van der Waals surface area contributed by atoms with Gasteiger partial charge in [-0.05, 0) is 19.3 Å². The van der Waals surface area contributed by atoms with E-state index in [2.05, 4.69) is 56.3 Å². The van der Waals surface area contributed by atoms with E-state index in [0.29, 0.717) is 11.7 Å². The first kappa shape index (κ1) is 15.4. The zero-order valence-corrected chi connectivity index (χ0v) is 13.9. The molecule has 1 unspecified atom stereocenters. The van der Waals surface area contributed by atoms with Crippen LogP contribution in [-0.2, 0) is 6.42 Å². The van der Waals surface area contributed by atoms with Gasteiger partial charge < -0.3 is 5.32 Å². The highest BCUT2D eigenvalue weighted by Gasteiger charge is 2.21. The SMILES string of the molecule is CCCc1cc(NC(c2n[nH]c(C)n2)C(C)C)n2ncnc2n1. The van der Waals surface area contributed by atoms with Crippen LogP contribution in [0.15, 0.2) is 12.4 Å². The number of aromatic amines is 1. The third-order valence-electron chi connectivity index (χ3n) is 3.67. The van der Waals surface area contributed by atoms with Crippen LogP contribution < -0.4 is 5.32 Å². The summed E-state index contributed by atoms with van der Waals surface area (Å²) in [6.07, 6.45) is 3.46. The summed E-state index contributed by atoms with van der Waals surface area (Å²) < 4.78 is 1.72. The molecule has 0 amide bonds. The molecule has 1 atom stereocenters. The molecule has 3 aromatic rings. The van der Waals surface area contributed by atoms with Crippen molar-refractivity contribution in [3.8, 4) is 0 Å². The first-order chi connectivity index (χ1) is 11.1. The molecule has 8 heteroatoms. The number of aryl methyl sites for hydroxylation is 2. The van der Waals surface area contributed by atoms with Crippen LogP contribution in [0.2, 0.25) is 0 Å². The van der Waals surface area contributed by atoms with Gasteiger partial charge in [-0.15, -0.1) is 0 Å². The highest BCUT2D eigenvalue weighted by molar-refractivity contribution is 5.46. The van der Waals surface area contributed by atoms with Crippen molar-refractivity contribution in [3.05, 3.63) is 29.7 Å². The lowest BCUT2D eigenvalue weighted by Crippen LogP contribution is -2.20. The van der Waals surface area contributed by atoms with E-state index in [0.717, 1.165) is 36.0 Å². The number of rotatable bonds is 6. The van der Waals surface area contributed by atoms with Gasteiger partial charge in [-0.25, -0.2) is 9.97 Å². The fourth-order valence-electron chi connectivity index (χ4n) is 2.54. The van der Waals surface area contributed by atoms with E-state index in [1.54, 1.807) is 4.52 Å². The van der Waals surface area contributed by atoms with Crippen LogP contribution >= 0.6 is 0 Å². The van der Waals surface area contributed by atoms with Crippen LogP contribution in [0, 0.1) is 12.8 Å². The van der Waals surface area contributed by atoms with Crippen LogP contribution in [0.1, 0.15) is 50.6 Å². The molecule has 0 bridgehead atoms. The number of anilines is 1. The van der Waals surface area contributed by atoms with E-state index >= 15 is 0 Å². The van der Waals surface area contributed by atoms with Gasteiger partial charge in [0.25, 0.3) is 5.78 Å². The standard InChI is InChI=1S/C15H22N8/c1-5-6-11-7-12(23-15(19-11)16-8-17-23)20-13(9(2)3)14-18-10(4)21-22-14/h7-9,13,20H,5-6H2,1-4H3,(H,18,21,22). The molecule has 3 rings (SSSR count). The molecular formula is C15H22N8. The molecule has 2 N–H and O–H groups in total. The van der Waals surface area contributed by atoms with Crippen LogP contribution in [0.5, 0.6) is 0 Å². The topological polar surface area (TPSA) is 96.7 Å². The average molecular weight is 314 g/mol. The second kappa shape index (κ2) is 6.31. The minimum atomic E-state index is -0.0239. The summed E-state index contributed by atoms with van der Waals surface area (Å²) in [6, 6.07) is 2.00. The number of fused-ring (bicyclic) bond motifs is 1. The summed E-state index contributed by atoms with van der Waals surface area (Å²) >= 11 is 0. The van der Waals surface area contributed by atoms with Crippen LogP contribution in [-0.4, -0.2) is 34.8 Å². The Kier molecular flexibility index (Phi) is 4.22. The molecule has 3 aromatic heterocycles. The summed E-state index contributed by atoms with van der Waals surface area (Å²) in [5, 5.41) is 15.0. The third kappa shape index (κ3) is 3.15. The Hall–Kier alpha value is -2.51. The number of hydrogen-bond acceptors (Lipinski definition) is 6. The molecule has 3 heterocycles. The quantitative estimate of drug-likeness (QED) is 0.724. The minimum absolute atomic E-state index is 0.0239. The summed E-state index contributed by atoms with van der Waals surface area (Å²) in [5.74, 6) is 3.33. The molecule has 8 nitrogen and oxygen atoms in total. The van der Waals surface area contributed by atoms with E-state index < -0.39 is 0 Å². The van der Waals surface area contributed by atoms with Crippen LogP contribution in [0.4, 0.5) is 5.82 Å². The first-order valence-electron chi connectivity index (χ1n) is 7.93. The number of aromatic nitrogens is 7. The van der Waals surface area contributed by atoms with Gasteiger partial charge in [0.1, 0.15) is 18.0 Å². The predicted molar refractivity (Wildman–Crippen MR) is 87.1 cm³/mol. The average Bonchev–Trinajstić information content (AvgIpc) is 3.13. The Balaban J connectivity index is 1.99. The molecule has 0 radical (unpaired) electrons. The lowest BCUT2D eigenvalue weighted by Gasteiger charge is -2.21. The van der Waals surface area contributed by atoms with E-state index in [-0.39, 0.29) is 6.04 Å². The monoisotopic (exact) mass is 314 g/mol. The van der Waals surface area contributed by atoms with E-state index in [1.165, 1.54) is 6.33 Å². The fourth-order valence-corrected chi connectivity index (χ4v) is 2.54. The van der Waals surface area contributed by atoms with Crippen molar-refractivity contribution in [2.24, 2.45) is 5.92 Å². The molecule has 0 aromatic carbocycles. The van der Waals surface area contributed by atoms with Crippen molar-refractivity contribution in [1.29, 1.82) is 0 Å². The maximum atomic E-state index is 4.53. The Labute approximate surface area is 134 Å². The van der Waals surface area contributed by atoms with Gasteiger partial charge in [-0.1, -0.05) is 27.2 Å². The molecule has 0 aliphatic heterocycles. The predicted octanol–water partition coefficient (Wildman–Crippen LogP) is 2.31. The second-order valence-electron chi connectivity index (χ2n) is 6.00. The van der Waals surface area contributed by atoms with Gasteiger partial charge in [0.05, 0.1) is 6.04 Å². The summed E-state index contributed by atoms with van der Waals surface area (Å²) in [4.78, 5) is 13.2. The zero-order chi connectivity index (χ0) is 16.4. The van der Waals surface area contributed by atoms with E-state index in [4.69, 9.17) is 0 Å². The molecule has 0 aliphatic rings. The van der Waals surface area contributed by atoms with Crippen LogP contribution in [0.25, 0.3) is 5.78 Å². The normalized spacial score (nSPS) is 12.9. The van der Waals surface area contributed by atoms with Crippen molar-refractivity contribution in [3.63, 3.8) is 0 Å². The Morgan fingerprint density at radius 1 is 1.30 bits per heavy atom. The van der Waals surface area contributed by atoms with Crippen molar-refractivity contribution in [1.82, 2.24) is 34.8 Å². The third-order valence-corrected chi connectivity index (χ3v) is 3.67. The molecule has 0 saturated carbocycles. The molecule has 0 saturated heterocycles. The Morgan fingerprint density at radius 3 is 2.78 bits per heavy atom. The van der Waals surface area contributed by atoms with Crippen molar-refractivity contribution in [2.75, 3.05) is 5.32 Å². The van der Waals surface area contributed by atoms with Gasteiger partial charge >= 0.3 is 0 Å². The number of H-pyrrole nitrogens is 1. The van der Waals surface area contributed by atoms with Gasteiger partial charge in [0.15, 0.2) is 5.82 Å². The maximum absolute atomic E-state index is 4.53. The number of hydrogen-bond donors (Lipinski definition) is 2. The van der Waals surface area contributed by atoms with E-state index in [9.17, 15) is 0 Å². The smallest absolute Gasteiger partial charge is 0.254 e. The summed E-state index contributed by atoms with van der Waals surface area (Å²) in [6.45, 7) is 8.30. The van der Waals surface area contributed by atoms with Gasteiger partial charge in [0, 0.05) is 11.8 Å². The summed E-state index contributed by atoms with van der Waals surface area (Å²) in [7, 11) is 0. The molecular weight excluding hydrogens is 292 g/mol. The second-order valence-corrected chi connectivity index (χ2v) is 6.00. The lowest BCUT2D eigenvalue weighted by atomic mass is 10.0. The number of nitrogens with zero attached hydrogens (tertiary/aromatic N) is 6. The van der Waals surface area contributed by atoms with Crippen molar-refractivity contribution < 1.29 is 0 Å². The molecule has 0 aliphatic carbocycles. The highest BCUT2D eigenvalue weighted by atomic mass is 15.4. The van der Waals surface area contributed by atoms with Gasteiger partial charge in [-0.3, -0.25) is 5.10 Å². The highest BCUT2D eigenvalue weighted by Crippen LogP contribution is 2.24. The van der Waals surface area contributed by atoms with Gasteiger partial charge in [-0.2, -0.15) is 19.7 Å². The fraction of sp³-hybridized carbons (Fsp3) is 0.533. The van der Waals surface area contributed by atoms with E-state index in [1.807, 2.05) is 13.0 Å². The maximum Gasteiger partial charge on any atom is 0.254 e. The Bertz CT molecular complexity index is 788. The Morgan fingerprint density at radius 2 is 2.13 bits per heavy atom. The summed E-state index contributed by atoms with van der Waals surface area (Å²) in [5.41, 5.74) is 1.00. The number of nitrogens with one attached hydrogen (secondary N) is 2. The molecule has 122 valence electrons. The van der Waals surface area contributed by atoms with Crippen LogP contribution in [0.3, 0.4) is 0 Å².